The van der Waals surface area contributed by atoms with Gasteiger partial charge in [0.2, 0.25) is 0 Å². The van der Waals surface area contributed by atoms with Gasteiger partial charge in [-0.05, 0) is 35.9 Å². The molecule has 2 aromatic carbocycles. The molecule has 4 heteroatoms. The Hall–Kier alpha value is -2.07. The van der Waals surface area contributed by atoms with Gasteiger partial charge < -0.3 is 15.2 Å². The lowest BCUT2D eigenvalue weighted by atomic mass is 10.1. The van der Waals surface area contributed by atoms with Crippen molar-refractivity contribution < 1.29 is 13.9 Å². The van der Waals surface area contributed by atoms with Gasteiger partial charge in [0.15, 0.2) is 0 Å². The number of hydrogen-bond donors (Lipinski definition) is 1. The predicted molar refractivity (Wildman–Crippen MR) is 71.6 cm³/mol. The van der Waals surface area contributed by atoms with Crippen LogP contribution in [0.3, 0.4) is 0 Å². The van der Waals surface area contributed by atoms with Crippen molar-refractivity contribution >= 4 is 0 Å². The SMILES string of the molecule is COc1ccc(OCc2ccc(CN)cc2F)cc1. The van der Waals surface area contributed by atoms with E-state index >= 15 is 0 Å². The third-order valence-electron chi connectivity index (χ3n) is 2.81. The van der Waals surface area contributed by atoms with Crippen LogP contribution >= 0.6 is 0 Å². The Balaban J connectivity index is 2.01. The minimum Gasteiger partial charge on any atom is -0.497 e. The third kappa shape index (κ3) is 3.45. The monoisotopic (exact) mass is 261 g/mol. The van der Waals surface area contributed by atoms with Crippen molar-refractivity contribution in [2.75, 3.05) is 7.11 Å². The Labute approximate surface area is 111 Å². The summed E-state index contributed by atoms with van der Waals surface area (Å²) >= 11 is 0. The highest BCUT2D eigenvalue weighted by Crippen LogP contribution is 2.19. The fraction of sp³-hybridized carbons (Fsp3) is 0.200. The van der Waals surface area contributed by atoms with Crippen LogP contribution in [-0.4, -0.2) is 7.11 Å². The summed E-state index contributed by atoms with van der Waals surface area (Å²) in [6.45, 7) is 0.513. The standard InChI is InChI=1S/C15H16FNO2/c1-18-13-4-6-14(7-5-13)19-10-12-3-2-11(9-17)8-15(12)16/h2-8H,9-10,17H2,1H3. The van der Waals surface area contributed by atoms with Crippen molar-refractivity contribution in [3.05, 3.63) is 59.4 Å². The molecule has 0 bridgehead atoms. The number of rotatable bonds is 5. The molecule has 0 heterocycles. The molecular formula is C15H16FNO2. The van der Waals surface area contributed by atoms with E-state index in [1.807, 2.05) is 0 Å². The van der Waals surface area contributed by atoms with E-state index in [4.69, 9.17) is 15.2 Å². The van der Waals surface area contributed by atoms with Crippen LogP contribution in [0, 0.1) is 5.82 Å². The fourth-order valence-corrected chi connectivity index (χ4v) is 1.67. The van der Waals surface area contributed by atoms with Gasteiger partial charge in [-0.3, -0.25) is 0 Å². The van der Waals surface area contributed by atoms with Crippen LogP contribution in [0.15, 0.2) is 42.5 Å². The van der Waals surface area contributed by atoms with Crippen LogP contribution in [0.25, 0.3) is 0 Å². The zero-order chi connectivity index (χ0) is 13.7. The van der Waals surface area contributed by atoms with Crippen molar-refractivity contribution in [3.63, 3.8) is 0 Å². The molecule has 0 aromatic heterocycles. The van der Waals surface area contributed by atoms with Crippen LogP contribution in [0.5, 0.6) is 11.5 Å². The van der Waals surface area contributed by atoms with Crippen molar-refractivity contribution in [2.24, 2.45) is 5.73 Å². The van der Waals surface area contributed by atoms with Gasteiger partial charge in [0.25, 0.3) is 0 Å². The maximum atomic E-state index is 13.7. The first-order valence-corrected chi connectivity index (χ1v) is 5.97. The summed E-state index contributed by atoms with van der Waals surface area (Å²) in [5.41, 5.74) is 6.73. The summed E-state index contributed by atoms with van der Waals surface area (Å²) < 4.78 is 24.3. The van der Waals surface area contributed by atoms with Gasteiger partial charge in [0.1, 0.15) is 23.9 Å². The Morgan fingerprint density at radius 1 is 1.05 bits per heavy atom. The molecule has 0 radical (unpaired) electrons. The number of methoxy groups -OCH3 is 1. The number of nitrogens with two attached hydrogens (primary N) is 1. The maximum Gasteiger partial charge on any atom is 0.130 e. The minimum absolute atomic E-state index is 0.184. The molecule has 0 saturated carbocycles. The van der Waals surface area contributed by atoms with E-state index < -0.39 is 0 Å². The molecule has 0 aliphatic heterocycles. The van der Waals surface area contributed by atoms with Gasteiger partial charge in [-0.15, -0.1) is 0 Å². The van der Waals surface area contributed by atoms with Gasteiger partial charge >= 0.3 is 0 Å². The Kier molecular flexibility index (Phi) is 4.36. The highest BCUT2D eigenvalue weighted by atomic mass is 19.1. The lowest BCUT2D eigenvalue weighted by Gasteiger charge is -2.08. The Morgan fingerprint density at radius 3 is 2.32 bits per heavy atom. The molecule has 0 aliphatic rings. The van der Waals surface area contributed by atoms with Crippen LogP contribution in [0.2, 0.25) is 0 Å². The average molecular weight is 261 g/mol. The second-order valence-corrected chi connectivity index (χ2v) is 4.09. The zero-order valence-corrected chi connectivity index (χ0v) is 10.7. The van der Waals surface area contributed by atoms with Gasteiger partial charge in [-0.1, -0.05) is 12.1 Å². The largest absolute Gasteiger partial charge is 0.497 e. The van der Waals surface area contributed by atoms with Crippen LogP contribution in [-0.2, 0) is 13.2 Å². The molecule has 0 saturated heterocycles. The molecule has 3 nitrogen and oxygen atoms in total. The van der Waals surface area contributed by atoms with E-state index in [-0.39, 0.29) is 12.4 Å². The highest BCUT2D eigenvalue weighted by Gasteiger charge is 2.04. The van der Waals surface area contributed by atoms with Crippen LogP contribution in [0.1, 0.15) is 11.1 Å². The number of ether oxygens (including phenoxy) is 2. The van der Waals surface area contributed by atoms with Crippen molar-refractivity contribution in [1.29, 1.82) is 0 Å². The summed E-state index contributed by atoms with van der Waals surface area (Å²) in [4.78, 5) is 0. The smallest absolute Gasteiger partial charge is 0.130 e. The van der Waals surface area contributed by atoms with Gasteiger partial charge in [-0.25, -0.2) is 4.39 Å². The first kappa shape index (κ1) is 13.4. The quantitative estimate of drug-likeness (QED) is 0.900. The summed E-state index contributed by atoms with van der Waals surface area (Å²) in [5.74, 6) is 1.13. The molecule has 2 N–H and O–H groups in total. The Morgan fingerprint density at radius 2 is 1.74 bits per heavy atom. The molecule has 0 atom stereocenters. The summed E-state index contributed by atoms with van der Waals surface area (Å²) in [6, 6.07) is 12.1. The lowest BCUT2D eigenvalue weighted by Crippen LogP contribution is -2.02. The van der Waals surface area contributed by atoms with Crippen LogP contribution < -0.4 is 15.2 Å². The normalized spacial score (nSPS) is 10.3. The number of hydrogen-bond acceptors (Lipinski definition) is 3. The second kappa shape index (κ2) is 6.20. The molecule has 2 aromatic rings. The summed E-state index contributed by atoms with van der Waals surface area (Å²) in [7, 11) is 1.60. The minimum atomic E-state index is -0.295. The molecule has 19 heavy (non-hydrogen) atoms. The van der Waals surface area contributed by atoms with Gasteiger partial charge in [-0.2, -0.15) is 0 Å². The van der Waals surface area contributed by atoms with Gasteiger partial charge in [0.05, 0.1) is 7.11 Å². The first-order chi connectivity index (χ1) is 9.22. The number of halogens is 1. The third-order valence-corrected chi connectivity index (χ3v) is 2.81. The molecule has 0 unspecified atom stereocenters. The van der Waals surface area contributed by atoms with Crippen molar-refractivity contribution in [3.8, 4) is 11.5 Å². The summed E-state index contributed by atoms with van der Waals surface area (Å²) in [5, 5.41) is 0. The van der Waals surface area contributed by atoms with Crippen molar-refractivity contribution in [2.45, 2.75) is 13.2 Å². The van der Waals surface area contributed by atoms with Gasteiger partial charge in [0, 0.05) is 12.1 Å². The molecule has 0 fully saturated rings. The molecule has 0 spiro atoms. The van der Waals surface area contributed by atoms with E-state index in [1.165, 1.54) is 6.07 Å². The van der Waals surface area contributed by atoms with E-state index in [1.54, 1.807) is 43.5 Å². The fourth-order valence-electron chi connectivity index (χ4n) is 1.67. The van der Waals surface area contributed by atoms with E-state index in [9.17, 15) is 4.39 Å². The maximum absolute atomic E-state index is 13.7. The second-order valence-electron chi connectivity index (χ2n) is 4.09. The highest BCUT2D eigenvalue weighted by molar-refractivity contribution is 5.31. The van der Waals surface area contributed by atoms with Crippen LogP contribution in [0.4, 0.5) is 4.39 Å². The van der Waals surface area contributed by atoms with E-state index in [0.717, 1.165) is 11.3 Å². The predicted octanol–water partition coefficient (Wildman–Crippen LogP) is 2.87. The summed E-state index contributed by atoms with van der Waals surface area (Å²) in [6.07, 6.45) is 0. The zero-order valence-electron chi connectivity index (χ0n) is 10.7. The first-order valence-electron chi connectivity index (χ1n) is 5.97. The molecule has 2 rings (SSSR count). The molecule has 0 aliphatic carbocycles. The van der Waals surface area contributed by atoms with Crippen molar-refractivity contribution in [1.82, 2.24) is 0 Å². The van der Waals surface area contributed by atoms with E-state index in [0.29, 0.717) is 17.9 Å². The lowest BCUT2D eigenvalue weighted by molar-refractivity contribution is 0.299. The molecule has 100 valence electrons. The Bertz CT molecular complexity index is 540. The number of benzene rings is 2. The topological polar surface area (TPSA) is 44.5 Å². The molecule has 0 amide bonds. The van der Waals surface area contributed by atoms with E-state index in [2.05, 4.69) is 0 Å². The average Bonchev–Trinajstić information content (AvgIpc) is 2.46. The molecular weight excluding hydrogens is 245 g/mol.